The zero-order valence-corrected chi connectivity index (χ0v) is 21.6. The fraction of sp³-hybridized carbons (Fsp3) is 0.423. The van der Waals surface area contributed by atoms with Gasteiger partial charge in [0.05, 0.1) is 46.3 Å². The standard InChI is InChI=1S/C26H27BrN5O5/c27-16-7-17-18(8-23(16)37-13-14-5-6-14)29-24(28-17)12-32-20-4-2-1-3-15(20)26(36)19(30-32)9-25(35)31-10-21(33)22(34)11-31/h1-4,7-8,14,19,21-22,33-34H,5-6,9-13H2,(H,28,29)/q+1/t19?,21-,22-/m0/s1. The van der Waals surface area contributed by atoms with E-state index in [9.17, 15) is 19.8 Å². The third-order valence-corrected chi connectivity index (χ3v) is 7.68. The van der Waals surface area contributed by atoms with Crippen molar-refractivity contribution in [2.75, 3.05) is 19.7 Å². The average molecular weight is 569 g/mol. The Kier molecular flexibility index (Phi) is 6.29. The molecule has 10 nitrogen and oxygen atoms in total. The smallest absolute Gasteiger partial charge is 0.242 e. The van der Waals surface area contributed by atoms with Gasteiger partial charge in [-0.25, -0.2) is 4.98 Å². The quantitative estimate of drug-likeness (QED) is 0.375. The number of fused-ring (bicyclic) bond motifs is 2. The summed E-state index contributed by atoms with van der Waals surface area (Å²) in [5, 5.41) is 24.2. The number of nitrogens with one attached hydrogen (secondary N) is 1. The number of carbonyl (C=O) groups is 2. The summed E-state index contributed by atoms with van der Waals surface area (Å²) in [5.74, 6) is 1.49. The van der Waals surface area contributed by atoms with Crippen molar-refractivity contribution < 1.29 is 29.2 Å². The number of imidazole rings is 1. The van der Waals surface area contributed by atoms with E-state index in [2.05, 4.69) is 26.0 Å². The third kappa shape index (κ3) is 4.90. The number of H-pyrrole nitrogens is 1. The van der Waals surface area contributed by atoms with E-state index >= 15 is 0 Å². The number of ketones is 1. The van der Waals surface area contributed by atoms with Crippen LogP contribution in [0.1, 0.15) is 35.4 Å². The number of ether oxygens (including phenoxy) is 1. The topological polar surface area (TPSA) is 131 Å². The van der Waals surface area contributed by atoms with Gasteiger partial charge in [0, 0.05) is 25.2 Å². The Morgan fingerprint density at radius 1 is 1.19 bits per heavy atom. The fourth-order valence-corrected chi connectivity index (χ4v) is 5.24. The molecule has 3 atom stereocenters. The molecule has 1 aromatic heterocycles. The van der Waals surface area contributed by atoms with Crippen LogP contribution in [0.4, 0.5) is 5.69 Å². The van der Waals surface area contributed by atoms with Crippen LogP contribution < -0.4 is 4.74 Å². The SMILES string of the molecule is O=C1c2ccccc2[N+](Cc2nc3cc(OCC4CC4)c(Br)cc3[nH]2)=NC1CC(=O)N1C[C@H](O)[C@@H](O)C1. The Balaban J connectivity index is 1.25. The molecule has 0 radical (unpaired) electrons. The van der Waals surface area contributed by atoms with Crippen molar-refractivity contribution >= 4 is 44.3 Å². The number of aliphatic hydroxyl groups is 2. The molecule has 3 heterocycles. The molecule has 0 bridgehead atoms. The zero-order chi connectivity index (χ0) is 25.7. The van der Waals surface area contributed by atoms with Gasteiger partial charge < -0.3 is 24.8 Å². The van der Waals surface area contributed by atoms with Gasteiger partial charge in [-0.05, 0) is 51.9 Å². The Hall–Kier alpha value is -3.15. The highest BCUT2D eigenvalue weighted by Gasteiger charge is 2.40. The maximum absolute atomic E-state index is 13.2. The molecule has 1 aliphatic carbocycles. The van der Waals surface area contributed by atoms with Crippen molar-refractivity contribution in [3.8, 4) is 5.75 Å². The molecule has 3 aliphatic rings. The van der Waals surface area contributed by atoms with E-state index in [0.717, 1.165) is 21.3 Å². The van der Waals surface area contributed by atoms with Crippen molar-refractivity contribution in [3.63, 3.8) is 0 Å². The number of β-amino-alcohol motifs (C(OH)–C–C–N with tert-alkyl or cyclic N) is 2. The van der Waals surface area contributed by atoms with Gasteiger partial charge in [0.25, 0.3) is 0 Å². The van der Waals surface area contributed by atoms with E-state index in [0.29, 0.717) is 29.6 Å². The van der Waals surface area contributed by atoms with Crippen LogP contribution in [0.5, 0.6) is 5.75 Å². The van der Waals surface area contributed by atoms with Gasteiger partial charge in [0.15, 0.2) is 11.9 Å². The second kappa shape index (κ2) is 9.62. The highest BCUT2D eigenvalue weighted by Crippen LogP contribution is 2.34. The first-order chi connectivity index (χ1) is 17.9. The number of nitrogens with zero attached hydrogens (tertiary/aromatic N) is 4. The maximum Gasteiger partial charge on any atom is 0.242 e. The lowest BCUT2D eigenvalue weighted by molar-refractivity contribution is -0.535. The van der Waals surface area contributed by atoms with Crippen LogP contribution in [0.3, 0.4) is 0 Å². The van der Waals surface area contributed by atoms with E-state index < -0.39 is 18.2 Å². The predicted molar refractivity (Wildman–Crippen MR) is 136 cm³/mol. The number of halogens is 1. The second-order valence-corrected chi connectivity index (χ2v) is 10.8. The summed E-state index contributed by atoms with van der Waals surface area (Å²) in [5.41, 5.74) is 2.76. The number of aliphatic hydroxyl groups excluding tert-OH is 2. The Labute approximate surface area is 221 Å². The number of aromatic amines is 1. The third-order valence-electron chi connectivity index (χ3n) is 7.06. The summed E-state index contributed by atoms with van der Waals surface area (Å²) in [6.45, 7) is 1.07. The van der Waals surface area contributed by atoms with Crippen molar-refractivity contribution in [2.45, 2.75) is 44.1 Å². The predicted octanol–water partition coefficient (Wildman–Crippen LogP) is 2.93. The molecule has 11 heteroatoms. The van der Waals surface area contributed by atoms with Crippen LogP contribution in [0.15, 0.2) is 46.0 Å². The molecule has 3 aromatic rings. The van der Waals surface area contributed by atoms with Crippen LogP contribution in [0.2, 0.25) is 0 Å². The molecule has 1 unspecified atom stereocenters. The van der Waals surface area contributed by atoms with Gasteiger partial charge in [-0.15, -0.1) is 0 Å². The van der Waals surface area contributed by atoms with Crippen LogP contribution in [-0.2, 0) is 11.3 Å². The number of hydrogen-bond donors (Lipinski definition) is 3. The first-order valence-corrected chi connectivity index (χ1v) is 13.2. The molecule has 1 amide bonds. The van der Waals surface area contributed by atoms with Gasteiger partial charge in [-0.3, -0.25) is 9.59 Å². The largest absolute Gasteiger partial charge is 0.492 e. The number of para-hydroxylation sites is 1. The number of hydrogen-bond acceptors (Lipinski definition) is 7. The zero-order valence-electron chi connectivity index (χ0n) is 20.0. The molecule has 6 rings (SSSR count). The highest BCUT2D eigenvalue weighted by molar-refractivity contribution is 9.10. The van der Waals surface area contributed by atoms with Crippen LogP contribution >= 0.6 is 15.9 Å². The summed E-state index contributed by atoms with van der Waals surface area (Å²) in [6, 6.07) is 10.1. The summed E-state index contributed by atoms with van der Waals surface area (Å²) in [4.78, 5) is 35.5. The number of benzene rings is 2. The van der Waals surface area contributed by atoms with Gasteiger partial charge in [-0.1, -0.05) is 16.8 Å². The van der Waals surface area contributed by atoms with Gasteiger partial charge in [-0.2, -0.15) is 0 Å². The van der Waals surface area contributed by atoms with Crippen LogP contribution in [-0.4, -0.2) is 79.4 Å². The molecular formula is C26H27BrN5O5+. The Bertz CT molecular complexity index is 1410. The first-order valence-electron chi connectivity index (χ1n) is 12.4. The lowest BCUT2D eigenvalue weighted by atomic mass is 9.98. The number of rotatable bonds is 7. The molecule has 1 saturated heterocycles. The molecule has 3 N–H and O–H groups in total. The number of aromatic nitrogens is 2. The number of amides is 1. The minimum atomic E-state index is -0.979. The molecule has 37 heavy (non-hydrogen) atoms. The van der Waals surface area contributed by atoms with Crippen molar-refractivity contribution in [3.05, 3.63) is 52.3 Å². The van der Waals surface area contributed by atoms with Crippen molar-refractivity contribution in [1.29, 1.82) is 0 Å². The van der Waals surface area contributed by atoms with Gasteiger partial charge >= 0.3 is 0 Å². The lowest BCUT2D eigenvalue weighted by Crippen LogP contribution is -2.36. The first kappa shape index (κ1) is 24.2. The molecule has 2 aromatic carbocycles. The number of carbonyl (C=O) groups excluding carboxylic acids is 2. The molecule has 2 aliphatic heterocycles. The van der Waals surface area contributed by atoms with Crippen molar-refractivity contribution in [1.82, 2.24) is 14.9 Å². The Morgan fingerprint density at radius 2 is 1.95 bits per heavy atom. The number of Topliss-reactive ketones (excluding diaryl/α,β-unsaturated/α-hetero) is 1. The van der Waals surface area contributed by atoms with Crippen LogP contribution in [0, 0.1) is 5.92 Å². The molecule has 0 spiro atoms. The monoisotopic (exact) mass is 568 g/mol. The second-order valence-electron chi connectivity index (χ2n) is 9.95. The van der Waals surface area contributed by atoms with Crippen molar-refractivity contribution in [2.24, 2.45) is 11.0 Å². The summed E-state index contributed by atoms with van der Waals surface area (Å²) in [7, 11) is 0. The lowest BCUT2D eigenvalue weighted by Gasteiger charge is -2.19. The van der Waals surface area contributed by atoms with E-state index in [1.54, 1.807) is 16.8 Å². The minimum absolute atomic E-state index is 0.0438. The van der Waals surface area contributed by atoms with E-state index in [1.165, 1.54) is 17.7 Å². The average Bonchev–Trinajstić information content (AvgIpc) is 3.54. The normalized spacial score (nSPS) is 23.3. The minimum Gasteiger partial charge on any atom is -0.492 e. The summed E-state index contributed by atoms with van der Waals surface area (Å²) in [6.07, 6.45) is 0.327. The summed E-state index contributed by atoms with van der Waals surface area (Å²) >= 11 is 3.58. The highest BCUT2D eigenvalue weighted by atomic mass is 79.9. The molecular weight excluding hydrogens is 542 g/mol. The maximum atomic E-state index is 13.2. The van der Waals surface area contributed by atoms with E-state index in [-0.39, 0.29) is 37.7 Å². The number of likely N-dealkylation sites (tertiary alicyclic amines) is 1. The molecule has 1 saturated carbocycles. The van der Waals surface area contributed by atoms with E-state index in [4.69, 9.17) is 9.72 Å². The van der Waals surface area contributed by atoms with Gasteiger partial charge in [0.2, 0.25) is 23.9 Å². The van der Waals surface area contributed by atoms with Gasteiger partial charge in [0.1, 0.15) is 5.75 Å². The number of azo groups is 2. The molecule has 2 fully saturated rings. The fourth-order valence-electron chi connectivity index (χ4n) is 4.78. The summed E-state index contributed by atoms with van der Waals surface area (Å²) < 4.78 is 8.52. The molecule has 192 valence electrons. The Morgan fingerprint density at radius 3 is 2.70 bits per heavy atom. The van der Waals surface area contributed by atoms with E-state index in [1.807, 2.05) is 24.3 Å². The van der Waals surface area contributed by atoms with Crippen LogP contribution in [0.25, 0.3) is 11.0 Å².